The van der Waals surface area contributed by atoms with Gasteiger partial charge < -0.3 is 29.7 Å². The zero-order chi connectivity index (χ0) is 21.1. The number of methoxy groups -OCH3 is 2. The summed E-state index contributed by atoms with van der Waals surface area (Å²) < 4.78 is 16.6. The predicted octanol–water partition coefficient (Wildman–Crippen LogP) is 3.13. The minimum Gasteiger partial charge on any atom is -0.493 e. The van der Waals surface area contributed by atoms with Gasteiger partial charge in [-0.05, 0) is 37.9 Å². The Kier molecular flexibility index (Phi) is 12.0. The van der Waals surface area contributed by atoms with Gasteiger partial charge in [-0.15, -0.1) is 24.0 Å². The number of aliphatic imine (C=N–C) groups is 1. The van der Waals surface area contributed by atoms with E-state index in [1.165, 1.54) is 0 Å². The molecule has 2 N–H and O–H groups in total. The molecule has 0 heterocycles. The van der Waals surface area contributed by atoms with E-state index in [1.807, 2.05) is 50.5 Å². The largest absolute Gasteiger partial charge is 0.493 e. The lowest BCUT2D eigenvalue weighted by atomic mass is 10.2. The average molecular weight is 528 g/mol. The Morgan fingerprint density at radius 1 is 0.933 bits per heavy atom. The van der Waals surface area contributed by atoms with E-state index in [0.717, 1.165) is 23.4 Å². The Bertz CT molecular complexity index is 800. The molecule has 0 saturated heterocycles. The Hall–Kier alpha value is -2.20. The van der Waals surface area contributed by atoms with Gasteiger partial charge in [0.25, 0.3) is 0 Å². The summed E-state index contributed by atoms with van der Waals surface area (Å²) in [5.74, 6) is 3.02. The molecule has 0 saturated carbocycles. The number of nitrogens with one attached hydrogen (secondary N) is 2. The van der Waals surface area contributed by atoms with Crippen LogP contribution in [0.15, 0.2) is 47.5 Å². The molecule has 8 heteroatoms. The van der Waals surface area contributed by atoms with Crippen molar-refractivity contribution in [1.82, 2.24) is 15.5 Å². The van der Waals surface area contributed by atoms with Gasteiger partial charge in [0.05, 0.1) is 14.2 Å². The molecule has 0 atom stereocenters. The quantitative estimate of drug-likeness (QED) is 0.281. The third-order valence-electron chi connectivity index (χ3n) is 4.35. The smallest absolute Gasteiger partial charge is 0.191 e. The van der Waals surface area contributed by atoms with Crippen LogP contribution in [0.4, 0.5) is 0 Å². The zero-order valence-electron chi connectivity index (χ0n) is 18.4. The van der Waals surface area contributed by atoms with Gasteiger partial charge in [0.1, 0.15) is 12.4 Å². The van der Waals surface area contributed by atoms with Crippen LogP contribution in [0.2, 0.25) is 0 Å². The number of benzene rings is 2. The fourth-order valence-corrected chi connectivity index (χ4v) is 2.70. The maximum Gasteiger partial charge on any atom is 0.191 e. The minimum absolute atomic E-state index is 0. The molecule has 0 aliphatic heterocycles. The summed E-state index contributed by atoms with van der Waals surface area (Å²) in [5, 5.41) is 6.66. The normalized spacial score (nSPS) is 10.9. The van der Waals surface area contributed by atoms with Crippen molar-refractivity contribution in [2.24, 2.45) is 4.99 Å². The molecule has 0 aromatic heterocycles. The summed E-state index contributed by atoms with van der Waals surface area (Å²) in [6.07, 6.45) is 0. The second-order valence-corrected chi connectivity index (χ2v) is 6.73. The summed E-state index contributed by atoms with van der Waals surface area (Å²) >= 11 is 0. The van der Waals surface area contributed by atoms with Crippen molar-refractivity contribution in [1.29, 1.82) is 0 Å². The van der Waals surface area contributed by atoms with E-state index in [-0.39, 0.29) is 24.0 Å². The molecule has 0 unspecified atom stereocenters. The molecule has 166 valence electrons. The van der Waals surface area contributed by atoms with Gasteiger partial charge in [-0.3, -0.25) is 4.99 Å². The number of hydrogen-bond donors (Lipinski definition) is 2. The van der Waals surface area contributed by atoms with Crippen LogP contribution < -0.4 is 24.8 Å². The number of rotatable bonds is 10. The van der Waals surface area contributed by atoms with E-state index in [4.69, 9.17) is 14.2 Å². The van der Waals surface area contributed by atoms with Crippen LogP contribution in [0.5, 0.6) is 17.2 Å². The van der Waals surface area contributed by atoms with Crippen LogP contribution in [-0.4, -0.2) is 59.4 Å². The van der Waals surface area contributed by atoms with Gasteiger partial charge in [0, 0.05) is 32.2 Å². The van der Waals surface area contributed by atoms with E-state index < -0.39 is 0 Å². The van der Waals surface area contributed by atoms with E-state index in [1.54, 1.807) is 21.3 Å². The van der Waals surface area contributed by atoms with Crippen LogP contribution in [0.1, 0.15) is 11.1 Å². The predicted molar refractivity (Wildman–Crippen MR) is 132 cm³/mol. The average Bonchev–Trinajstić information content (AvgIpc) is 2.74. The molecule has 0 aliphatic carbocycles. The van der Waals surface area contributed by atoms with Crippen LogP contribution in [0, 0.1) is 0 Å². The van der Waals surface area contributed by atoms with Crippen molar-refractivity contribution in [3.8, 4) is 17.2 Å². The standard InChI is InChI=1S/C22H32N4O3.HI/c1-23-22(24-15-17-10-11-20(27-4)21(14-17)28-5)25-16-18-8-6-7-9-19(18)29-13-12-26(2)3;/h6-11,14H,12-13,15-16H2,1-5H3,(H2,23,24,25);1H. The molecular weight excluding hydrogens is 495 g/mol. The van der Waals surface area contributed by atoms with E-state index in [2.05, 4.69) is 26.6 Å². The molecule has 0 aliphatic rings. The number of hydrogen-bond acceptors (Lipinski definition) is 5. The molecule has 7 nitrogen and oxygen atoms in total. The molecule has 2 aromatic rings. The van der Waals surface area contributed by atoms with Crippen LogP contribution in [0.3, 0.4) is 0 Å². The lowest BCUT2D eigenvalue weighted by Crippen LogP contribution is -2.36. The maximum absolute atomic E-state index is 5.92. The van der Waals surface area contributed by atoms with Crippen molar-refractivity contribution >= 4 is 29.9 Å². The van der Waals surface area contributed by atoms with Gasteiger partial charge in [-0.1, -0.05) is 24.3 Å². The second-order valence-electron chi connectivity index (χ2n) is 6.73. The Morgan fingerprint density at radius 3 is 2.30 bits per heavy atom. The van der Waals surface area contributed by atoms with E-state index in [9.17, 15) is 0 Å². The maximum atomic E-state index is 5.92. The molecule has 2 rings (SSSR count). The summed E-state index contributed by atoms with van der Waals surface area (Å²) in [4.78, 5) is 6.40. The second kappa shape index (κ2) is 13.9. The summed E-state index contributed by atoms with van der Waals surface area (Å²) in [6, 6.07) is 13.9. The number of halogens is 1. The molecule has 0 spiro atoms. The van der Waals surface area contributed by atoms with Crippen molar-refractivity contribution < 1.29 is 14.2 Å². The first-order chi connectivity index (χ1) is 14.1. The van der Waals surface area contributed by atoms with Crippen LogP contribution >= 0.6 is 24.0 Å². The van der Waals surface area contributed by atoms with Crippen molar-refractivity contribution in [2.75, 3.05) is 48.5 Å². The fourth-order valence-electron chi connectivity index (χ4n) is 2.70. The van der Waals surface area contributed by atoms with Crippen LogP contribution in [0.25, 0.3) is 0 Å². The highest BCUT2D eigenvalue weighted by atomic mass is 127. The third-order valence-corrected chi connectivity index (χ3v) is 4.35. The molecule has 0 fully saturated rings. The SMILES string of the molecule is CN=C(NCc1ccc(OC)c(OC)c1)NCc1ccccc1OCCN(C)C.I. The number of guanidine groups is 1. The molecule has 0 amide bonds. The lowest BCUT2D eigenvalue weighted by Gasteiger charge is -2.16. The number of likely N-dealkylation sites (N-methyl/N-ethyl adjacent to an activating group) is 1. The Morgan fingerprint density at radius 2 is 1.63 bits per heavy atom. The van der Waals surface area contributed by atoms with Crippen molar-refractivity contribution in [3.05, 3.63) is 53.6 Å². The molecule has 2 aromatic carbocycles. The van der Waals surface area contributed by atoms with E-state index >= 15 is 0 Å². The summed E-state index contributed by atoms with van der Waals surface area (Å²) in [6.45, 7) is 2.75. The summed E-state index contributed by atoms with van der Waals surface area (Å²) in [7, 11) is 9.08. The first-order valence-electron chi connectivity index (χ1n) is 9.58. The monoisotopic (exact) mass is 528 g/mol. The highest BCUT2D eigenvalue weighted by molar-refractivity contribution is 14.0. The van der Waals surface area contributed by atoms with Gasteiger partial charge in [0.2, 0.25) is 0 Å². The van der Waals surface area contributed by atoms with Gasteiger partial charge >= 0.3 is 0 Å². The Labute approximate surface area is 196 Å². The minimum atomic E-state index is 0. The first-order valence-corrected chi connectivity index (χ1v) is 9.58. The van der Waals surface area contributed by atoms with Crippen molar-refractivity contribution in [2.45, 2.75) is 13.1 Å². The zero-order valence-corrected chi connectivity index (χ0v) is 20.7. The number of ether oxygens (including phenoxy) is 3. The van der Waals surface area contributed by atoms with Crippen molar-refractivity contribution in [3.63, 3.8) is 0 Å². The highest BCUT2D eigenvalue weighted by Crippen LogP contribution is 2.27. The lowest BCUT2D eigenvalue weighted by molar-refractivity contribution is 0.259. The highest BCUT2D eigenvalue weighted by Gasteiger charge is 2.07. The van der Waals surface area contributed by atoms with E-state index in [0.29, 0.717) is 37.2 Å². The third kappa shape index (κ3) is 8.27. The fraction of sp³-hybridized carbons (Fsp3) is 0.409. The molecule has 0 bridgehead atoms. The number of para-hydroxylation sites is 1. The number of nitrogens with zero attached hydrogens (tertiary/aromatic N) is 2. The summed E-state index contributed by atoms with van der Waals surface area (Å²) in [5.41, 5.74) is 2.15. The van der Waals surface area contributed by atoms with Gasteiger partial charge in [-0.25, -0.2) is 0 Å². The van der Waals surface area contributed by atoms with Gasteiger partial charge in [-0.2, -0.15) is 0 Å². The first kappa shape index (κ1) is 25.8. The molecular formula is C22H33IN4O3. The van der Waals surface area contributed by atoms with Crippen LogP contribution in [-0.2, 0) is 13.1 Å². The molecule has 0 radical (unpaired) electrons. The topological polar surface area (TPSA) is 67.4 Å². The molecule has 30 heavy (non-hydrogen) atoms. The Balaban J connectivity index is 0.00000450. The van der Waals surface area contributed by atoms with Gasteiger partial charge in [0.15, 0.2) is 17.5 Å².